The molecule has 2 aromatic heterocycles. The van der Waals surface area contributed by atoms with E-state index in [2.05, 4.69) is 25.8 Å². The second-order valence-corrected chi connectivity index (χ2v) is 12.4. The summed E-state index contributed by atoms with van der Waals surface area (Å²) >= 11 is 16.3. The number of thioether (sulfide) groups is 2. The van der Waals surface area contributed by atoms with Crippen molar-refractivity contribution < 1.29 is 14.0 Å². The molecule has 204 valence electrons. The first-order valence-corrected chi connectivity index (χ1v) is 15.2. The van der Waals surface area contributed by atoms with Gasteiger partial charge >= 0.3 is 0 Å². The van der Waals surface area contributed by atoms with Crippen molar-refractivity contribution >= 4 is 91.5 Å². The van der Waals surface area contributed by atoms with Gasteiger partial charge in [-0.15, -0.1) is 21.5 Å². The molecule has 3 aromatic carbocycles. The number of carbonyl (C=O) groups excluding carboxylic acids is 2. The molecule has 0 aliphatic rings. The minimum atomic E-state index is -0.365. The van der Waals surface area contributed by atoms with E-state index in [4.69, 9.17) is 23.2 Å². The van der Waals surface area contributed by atoms with E-state index in [1.807, 2.05) is 12.1 Å². The molecule has 0 fully saturated rings. The van der Waals surface area contributed by atoms with Gasteiger partial charge in [0, 0.05) is 29.0 Å². The lowest BCUT2D eigenvalue weighted by Gasteiger charge is -2.07. The molecule has 0 saturated carbocycles. The van der Waals surface area contributed by atoms with Crippen molar-refractivity contribution in [3.63, 3.8) is 0 Å². The van der Waals surface area contributed by atoms with Crippen LogP contribution in [0, 0.1) is 5.82 Å². The molecule has 0 spiro atoms. The number of hydrogen-bond acceptors (Lipinski definition) is 8. The van der Waals surface area contributed by atoms with Gasteiger partial charge in [-0.2, -0.15) is 0 Å². The topological polar surface area (TPSA) is 102 Å². The summed E-state index contributed by atoms with van der Waals surface area (Å²) in [5, 5.41) is 15.6. The normalized spacial score (nSPS) is 11.1. The van der Waals surface area contributed by atoms with Crippen LogP contribution in [0.3, 0.4) is 0 Å². The van der Waals surface area contributed by atoms with Gasteiger partial charge in [0.15, 0.2) is 15.3 Å². The summed E-state index contributed by atoms with van der Waals surface area (Å²) < 4.78 is 16.4. The summed E-state index contributed by atoms with van der Waals surface area (Å²) in [6.07, 6.45) is 0. The summed E-state index contributed by atoms with van der Waals surface area (Å²) in [7, 11) is 1.81. The van der Waals surface area contributed by atoms with Crippen LogP contribution in [-0.2, 0) is 16.6 Å². The summed E-state index contributed by atoms with van der Waals surface area (Å²) in [6, 6.07) is 16.2. The second kappa shape index (κ2) is 12.6. The zero-order chi connectivity index (χ0) is 28.2. The molecule has 0 bridgehead atoms. The molecule has 0 aliphatic carbocycles. The Balaban J connectivity index is 1.15. The van der Waals surface area contributed by atoms with E-state index in [1.165, 1.54) is 59.1 Å². The van der Waals surface area contributed by atoms with Crippen LogP contribution < -0.4 is 10.6 Å². The van der Waals surface area contributed by atoms with Gasteiger partial charge in [-0.25, -0.2) is 9.37 Å². The maximum Gasteiger partial charge on any atom is 0.234 e. The number of anilines is 2. The van der Waals surface area contributed by atoms with E-state index in [-0.39, 0.29) is 29.1 Å². The lowest BCUT2D eigenvalue weighted by Crippen LogP contribution is -2.14. The SMILES string of the molecule is Cn1c(SCC(=O)Nc2ccc3nc(SCC(=O)Nc4ccc(F)cc4)sc3c2)nnc1-c1ccc(Cl)cc1Cl. The molecular formula is C26H19Cl2FN6O2S3. The highest BCUT2D eigenvalue weighted by molar-refractivity contribution is 8.01. The van der Waals surface area contributed by atoms with E-state index in [1.54, 1.807) is 35.9 Å². The Morgan fingerprint density at radius 2 is 1.62 bits per heavy atom. The van der Waals surface area contributed by atoms with Gasteiger partial charge in [-0.3, -0.25) is 9.59 Å². The summed E-state index contributed by atoms with van der Waals surface area (Å²) in [4.78, 5) is 29.4. The van der Waals surface area contributed by atoms with Crippen molar-refractivity contribution in [2.75, 3.05) is 22.1 Å². The summed E-state index contributed by atoms with van der Waals surface area (Å²) in [6.45, 7) is 0. The minimum absolute atomic E-state index is 0.130. The first-order valence-electron chi connectivity index (χ1n) is 11.6. The molecule has 40 heavy (non-hydrogen) atoms. The Bertz CT molecular complexity index is 1710. The number of amides is 2. The van der Waals surface area contributed by atoms with Gasteiger partial charge in [-0.05, 0) is 60.7 Å². The van der Waals surface area contributed by atoms with Gasteiger partial charge in [0.25, 0.3) is 0 Å². The van der Waals surface area contributed by atoms with Crippen LogP contribution in [0.2, 0.25) is 10.0 Å². The van der Waals surface area contributed by atoms with Crippen molar-refractivity contribution in [1.82, 2.24) is 19.7 Å². The third-order valence-corrected chi connectivity index (χ3v) is 9.18. The highest BCUT2D eigenvalue weighted by Gasteiger charge is 2.16. The van der Waals surface area contributed by atoms with Crippen molar-refractivity contribution in [2.45, 2.75) is 9.50 Å². The predicted octanol–water partition coefficient (Wildman–Crippen LogP) is 7.00. The molecule has 2 heterocycles. The number of nitrogens with zero attached hydrogens (tertiary/aromatic N) is 4. The molecule has 0 atom stereocenters. The van der Waals surface area contributed by atoms with Crippen molar-refractivity contribution in [2.24, 2.45) is 7.05 Å². The average molecular weight is 634 g/mol. The molecule has 14 heteroatoms. The third kappa shape index (κ3) is 6.94. The average Bonchev–Trinajstić information content (AvgIpc) is 3.50. The lowest BCUT2D eigenvalue weighted by molar-refractivity contribution is -0.114. The van der Waals surface area contributed by atoms with Gasteiger partial charge in [0.2, 0.25) is 11.8 Å². The van der Waals surface area contributed by atoms with Crippen LogP contribution in [0.5, 0.6) is 0 Å². The molecule has 5 rings (SSSR count). The van der Waals surface area contributed by atoms with Crippen LogP contribution in [0.1, 0.15) is 0 Å². The molecule has 8 nitrogen and oxygen atoms in total. The third-order valence-electron chi connectivity index (χ3n) is 5.45. The van der Waals surface area contributed by atoms with Gasteiger partial charge in [0.05, 0.1) is 26.7 Å². The standard InChI is InChI=1S/C26H19Cl2FN6O2S3/c1-35-24(18-8-2-14(27)10-19(18)28)33-34-25(35)38-12-22(36)31-17-7-9-20-21(11-17)40-26(32-20)39-13-23(37)30-16-5-3-15(29)4-6-16/h2-11H,12-13H2,1H3,(H,30,37)(H,31,36). The number of nitrogens with one attached hydrogen (secondary N) is 2. The van der Waals surface area contributed by atoms with E-state index < -0.39 is 0 Å². The van der Waals surface area contributed by atoms with Crippen LogP contribution >= 0.6 is 58.1 Å². The summed E-state index contributed by atoms with van der Waals surface area (Å²) in [5.74, 6) is 0.0812. The predicted molar refractivity (Wildman–Crippen MR) is 161 cm³/mol. The fraction of sp³-hybridized carbons (Fsp3) is 0.115. The van der Waals surface area contributed by atoms with Crippen molar-refractivity contribution in [3.05, 3.63) is 76.5 Å². The van der Waals surface area contributed by atoms with Crippen LogP contribution in [0.25, 0.3) is 21.6 Å². The summed E-state index contributed by atoms with van der Waals surface area (Å²) in [5.41, 5.74) is 2.63. The first kappa shape index (κ1) is 28.4. The van der Waals surface area contributed by atoms with Gasteiger partial charge in [0.1, 0.15) is 5.82 Å². The number of benzene rings is 3. The first-order chi connectivity index (χ1) is 19.2. The molecule has 0 saturated heterocycles. The number of rotatable bonds is 9. The number of hydrogen-bond donors (Lipinski definition) is 2. The molecule has 2 N–H and O–H groups in total. The largest absolute Gasteiger partial charge is 0.325 e. The number of thiazole rings is 1. The quantitative estimate of drug-likeness (QED) is 0.169. The van der Waals surface area contributed by atoms with E-state index in [0.717, 1.165) is 14.6 Å². The molecule has 0 radical (unpaired) electrons. The maximum atomic E-state index is 13.0. The zero-order valence-electron chi connectivity index (χ0n) is 20.7. The van der Waals surface area contributed by atoms with Crippen LogP contribution in [0.15, 0.2) is 70.2 Å². The Morgan fingerprint density at radius 1 is 0.925 bits per heavy atom. The van der Waals surface area contributed by atoms with E-state index in [9.17, 15) is 14.0 Å². The maximum absolute atomic E-state index is 13.0. The van der Waals surface area contributed by atoms with Gasteiger partial charge in [-0.1, -0.05) is 46.7 Å². The Morgan fingerprint density at radius 3 is 2.38 bits per heavy atom. The fourth-order valence-electron chi connectivity index (χ4n) is 3.57. The highest BCUT2D eigenvalue weighted by Crippen LogP contribution is 2.32. The minimum Gasteiger partial charge on any atom is -0.325 e. The lowest BCUT2D eigenvalue weighted by atomic mass is 10.2. The number of aromatic nitrogens is 4. The van der Waals surface area contributed by atoms with Crippen LogP contribution in [-0.4, -0.2) is 43.1 Å². The molecule has 5 aromatic rings. The highest BCUT2D eigenvalue weighted by atomic mass is 35.5. The Kier molecular flexibility index (Phi) is 8.91. The van der Waals surface area contributed by atoms with Gasteiger partial charge < -0.3 is 15.2 Å². The Hall–Kier alpha value is -3.16. The number of fused-ring (bicyclic) bond motifs is 1. The molecule has 0 aliphatic heterocycles. The van der Waals surface area contributed by atoms with Crippen LogP contribution in [0.4, 0.5) is 15.8 Å². The van der Waals surface area contributed by atoms with Crippen molar-refractivity contribution in [3.8, 4) is 11.4 Å². The van der Waals surface area contributed by atoms with E-state index in [0.29, 0.717) is 38.0 Å². The van der Waals surface area contributed by atoms with E-state index >= 15 is 0 Å². The molecule has 2 amide bonds. The molecule has 0 unspecified atom stereocenters. The second-order valence-electron chi connectivity index (χ2n) is 8.33. The Labute approximate surface area is 250 Å². The smallest absolute Gasteiger partial charge is 0.234 e. The monoisotopic (exact) mass is 632 g/mol. The van der Waals surface area contributed by atoms with Crippen molar-refractivity contribution in [1.29, 1.82) is 0 Å². The fourth-order valence-corrected chi connectivity index (χ4v) is 6.69. The number of halogens is 3. The number of carbonyl (C=O) groups is 2. The zero-order valence-corrected chi connectivity index (χ0v) is 24.6. The molecular weight excluding hydrogens is 614 g/mol.